The molecule has 27 heavy (non-hydrogen) atoms. The average Bonchev–Trinajstić information content (AvgIpc) is 3.16. The molecule has 0 spiro atoms. The fraction of sp³-hybridized carbons (Fsp3) is 0.333. The lowest BCUT2D eigenvalue weighted by atomic mass is 10.1. The molecular formula is C18H21N5O2S2. The number of aromatic nitrogens is 4. The number of nitrogens with zero attached hydrogens (tertiary/aromatic N) is 4. The third-order valence-corrected chi connectivity index (χ3v) is 6.06. The zero-order valence-corrected chi connectivity index (χ0v) is 17.3. The van der Waals surface area contributed by atoms with Crippen LogP contribution in [0.25, 0.3) is 0 Å². The van der Waals surface area contributed by atoms with Gasteiger partial charge in [0.15, 0.2) is 10.3 Å². The molecule has 1 aromatic carbocycles. The van der Waals surface area contributed by atoms with E-state index < -0.39 is 0 Å². The molecule has 0 radical (unpaired) electrons. The summed E-state index contributed by atoms with van der Waals surface area (Å²) in [4.78, 5) is 17.6. The summed E-state index contributed by atoms with van der Waals surface area (Å²) in [5, 5.41) is 12.6. The summed E-state index contributed by atoms with van der Waals surface area (Å²) in [6.07, 6.45) is 0.665. The summed E-state index contributed by atoms with van der Waals surface area (Å²) in [7, 11) is 3.56. The van der Waals surface area contributed by atoms with Crippen LogP contribution in [0, 0.1) is 13.8 Å². The molecule has 3 rings (SSSR count). The zero-order chi connectivity index (χ0) is 19.4. The molecule has 0 aliphatic rings. The van der Waals surface area contributed by atoms with Crippen molar-refractivity contribution in [2.75, 3.05) is 18.2 Å². The standard InChI is InChI=1S/C18H21N5O2S2/c1-11-12(2)27-17(19-11)20-16(24)10-26-18-22-21-15(23(18)3)9-13-5-7-14(25-4)8-6-13/h5-8H,9-10H2,1-4H3,(H,19,20,24). The van der Waals surface area contributed by atoms with E-state index in [4.69, 9.17) is 4.74 Å². The molecule has 0 saturated carbocycles. The van der Waals surface area contributed by atoms with E-state index in [0.717, 1.165) is 27.7 Å². The summed E-state index contributed by atoms with van der Waals surface area (Å²) in [5.74, 6) is 1.82. The predicted octanol–water partition coefficient (Wildman–Crippen LogP) is 3.22. The number of nitrogens with one attached hydrogen (secondary N) is 1. The second-order valence-corrected chi connectivity index (χ2v) is 8.13. The van der Waals surface area contributed by atoms with Gasteiger partial charge in [-0.1, -0.05) is 23.9 Å². The van der Waals surface area contributed by atoms with E-state index in [9.17, 15) is 4.79 Å². The van der Waals surface area contributed by atoms with Gasteiger partial charge < -0.3 is 14.6 Å². The molecular weight excluding hydrogens is 382 g/mol. The van der Waals surface area contributed by atoms with Crippen LogP contribution in [0.5, 0.6) is 5.75 Å². The Kier molecular flexibility index (Phi) is 6.12. The molecule has 7 nitrogen and oxygen atoms in total. The van der Waals surface area contributed by atoms with Gasteiger partial charge in [0.1, 0.15) is 11.6 Å². The molecule has 0 fully saturated rings. The summed E-state index contributed by atoms with van der Waals surface area (Å²) >= 11 is 2.84. The minimum atomic E-state index is -0.103. The first-order valence-corrected chi connectivity index (χ1v) is 10.1. The topological polar surface area (TPSA) is 81.9 Å². The maximum atomic E-state index is 12.1. The van der Waals surface area contributed by atoms with Gasteiger partial charge in [0.2, 0.25) is 5.91 Å². The molecule has 0 saturated heterocycles. The van der Waals surface area contributed by atoms with Gasteiger partial charge >= 0.3 is 0 Å². The van der Waals surface area contributed by atoms with Gasteiger partial charge in [-0.3, -0.25) is 4.79 Å². The maximum Gasteiger partial charge on any atom is 0.236 e. The Morgan fingerprint density at radius 3 is 2.63 bits per heavy atom. The second kappa shape index (κ2) is 8.53. The van der Waals surface area contributed by atoms with Crippen LogP contribution < -0.4 is 10.1 Å². The number of amides is 1. The summed E-state index contributed by atoms with van der Waals surface area (Å²) in [5.41, 5.74) is 2.06. The number of ether oxygens (including phenoxy) is 1. The Hall–Kier alpha value is -2.39. The van der Waals surface area contributed by atoms with Crippen LogP contribution in [0.2, 0.25) is 0 Å². The molecule has 0 bridgehead atoms. The number of benzene rings is 1. The van der Waals surface area contributed by atoms with Gasteiger partial charge in [0.05, 0.1) is 18.6 Å². The largest absolute Gasteiger partial charge is 0.497 e. The molecule has 9 heteroatoms. The van der Waals surface area contributed by atoms with Crippen molar-refractivity contribution in [1.29, 1.82) is 0 Å². The van der Waals surface area contributed by atoms with Gasteiger partial charge in [-0.15, -0.1) is 21.5 Å². The van der Waals surface area contributed by atoms with E-state index in [1.807, 2.05) is 49.7 Å². The Balaban J connectivity index is 1.57. The summed E-state index contributed by atoms with van der Waals surface area (Å²) in [6.45, 7) is 3.92. The Morgan fingerprint density at radius 1 is 1.26 bits per heavy atom. The van der Waals surface area contributed by atoms with Gasteiger partial charge in [0.25, 0.3) is 0 Å². The highest BCUT2D eigenvalue weighted by molar-refractivity contribution is 7.99. The van der Waals surface area contributed by atoms with Crippen molar-refractivity contribution in [3.8, 4) is 5.75 Å². The van der Waals surface area contributed by atoms with Crippen molar-refractivity contribution in [3.05, 3.63) is 46.2 Å². The lowest BCUT2D eigenvalue weighted by molar-refractivity contribution is -0.113. The number of methoxy groups -OCH3 is 1. The molecule has 0 aliphatic heterocycles. The van der Waals surface area contributed by atoms with E-state index in [1.165, 1.54) is 23.1 Å². The van der Waals surface area contributed by atoms with Gasteiger partial charge in [-0.25, -0.2) is 4.98 Å². The highest BCUT2D eigenvalue weighted by Crippen LogP contribution is 2.22. The molecule has 1 amide bonds. The van der Waals surface area contributed by atoms with E-state index >= 15 is 0 Å². The van der Waals surface area contributed by atoms with Crippen LogP contribution in [0.4, 0.5) is 5.13 Å². The second-order valence-electron chi connectivity index (χ2n) is 5.98. The first kappa shape index (κ1) is 19.4. The summed E-state index contributed by atoms with van der Waals surface area (Å²) < 4.78 is 7.09. The number of carbonyl (C=O) groups excluding carboxylic acids is 1. The third-order valence-electron chi connectivity index (χ3n) is 4.05. The van der Waals surface area contributed by atoms with Gasteiger partial charge in [0, 0.05) is 18.3 Å². The number of aryl methyl sites for hydroxylation is 2. The predicted molar refractivity (Wildman–Crippen MR) is 108 cm³/mol. The lowest BCUT2D eigenvalue weighted by Gasteiger charge is -2.05. The van der Waals surface area contributed by atoms with Crippen molar-refractivity contribution >= 4 is 34.1 Å². The molecule has 142 valence electrons. The van der Waals surface area contributed by atoms with Crippen LogP contribution in [-0.4, -0.2) is 38.5 Å². The lowest BCUT2D eigenvalue weighted by Crippen LogP contribution is -2.14. The SMILES string of the molecule is COc1ccc(Cc2nnc(SCC(=O)Nc3nc(C)c(C)s3)n2C)cc1. The normalized spacial score (nSPS) is 10.8. The molecule has 1 N–H and O–H groups in total. The molecule has 0 atom stereocenters. The number of hydrogen-bond acceptors (Lipinski definition) is 7. The van der Waals surface area contributed by atoms with Crippen molar-refractivity contribution in [1.82, 2.24) is 19.7 Å². The number of thiazole rings is 1. The minimum absolute atomic E-state index is 0.103. The Morgan fingerprint density at radius 2 is 2.00 bits per heavy atom. The van der Waals surface area contributed by atoms with Crippen LogP contribution >= 0.6 is 23.1 Å². The number of anilines is 1. The number of carbonyl (C=O) groups is 1. The van der Waals surface area contributed by atoms with E-state index in [1.54, 1.807) is 7.11 Å². The summed E-state index contributed by atoms with van der Waals surface area (Å²) in [6, 6.07) is 7.86. The quantitative estimate of drug-likeness (QED) is 0.610. The van der Waals surface area contributed by atoms with Gasteiger partial charge in [-0.2, -0.15) is 0 Å². The highest BCUT2D eigenvalue weighted by Gasteiger charge is 2.13. The van der Waals surface area contributed by atoms with Crippen LogP contribution in [0.1, 0.15) is 22.0 Å². The number of rotatable bonds is 7. The Labute approximate surface area is 166 Å². The van der Waals surface area contributed by atoms with E-state index in [2.05, 4.69) is 20.5 Å². The molecule has 2 heterocycles. The van der Waals surface area contributed by atoms with Crippen molar-refractivity contribution < 1.29 is 9.53 Å². The number of hydrogen-bond donors (Lipinski definition) is 1. The average molecular weight is 404 g/mol. The smallest absolute Gasteiger partial charge is 0.236 e. The van der Waals surface area contributed by atoms with Crippen molar-refractivity contribution in [2.45, 2.75) is 25.4 Å². The van der Waals surface area contributed by atoms with Gasteiger partial charge in [-0.05, 0) is 31.5 Å². The monoisotopic (exact) mass is 403 g/mol. The molecule has 3 aromatic rings. The fourth-order valence-electron chi connectivity index (χ4n) is 2.36. The Bertz CT molecular complexity index is 914. The molecule has 0 aliphatic carbocycles. The fourth-order valence-corrected chi connectivity index (χ4v) is 3.92. The molecule has 0 unspecified atom stereocenters. The van der Waals surface area contributed by atoms with Crippen molar-refractivity contribution in [3.63, 3.8) is 0 Å². The first-order chi connectivity index (χ1) is 13.0. The first-order valence-electron chi connectivity index (χ1n) is 8.34. The van der Waals surface area contributed by atoms with E-state index in [0.29, 0.717) is 16.7 Å². The maximum absolute atomic E-state index is 12.1. The molecule has 2 aromatic heterocycles. The van der Waals surface area contributed by atoms with Crippen LogP contribution in [0.15, 0.2) is 29.4 Å². The van der Waals surface area contributed by atoms with Crippen molar-refractivity contribution in [2.24, 2.45) is 7.05 Å². The highest BCUT2D eigenvalue weighted by atomic mass is 32.2. The van der Waals surface area contributed by atoms with Crippen LogP contribution in [0.3, 0.4) is 0 Å². The number of thioether (sulfide) groups is 1. The minimum Gasteiger partial charge on any atom is -0.497 e. The third kappa shape index (κ3) is 4.86. The van der Waals surface area contributed by atoms with Crippen LogP contribution in [-0.2, 0) is 18.3 Å². The zero-order valence-electron chi connectivity index (χ0n) is 15.6. The van der Waals surface area contributed by atoms with E-state index in [-0.39, 0.29) is 11.7 Å².